The molecule has 0 unspecified atom stereocenters. The third-order valence-electron chi connectivity index (χ3n) is 4.34. The van der Waals surface area contributed by atoms with Gasteiger partial charge >= 0.3 is 0 Å². The third kappa shape index (κ3) is 6.05. The Bertz CT molecular complexity index is 972. The first-order valence-electron chi connectivity index (χ1n) is 9.94. The molecule has 0 aliphatic heterocycles. The number of anilines is 1. The molecule has 0 bridgehead atoms. The minimum atomic E-state index is -0.376. The molecule has 2 N–H and O–H groups in total. The van der Waals surface area contributed by atoms with Crippen molar-refractivity contribution >= 4 is 28.8 Å². The monoisotopic (exact) mass is 410 g/mol. The second kappa shape index (κ2) is 11.0. The highest BCUT2D eigenvalue weighted by Crippen LogP contribution is 2.20. The van der Waals surface area contributed by atoms with E-state index in [1.165, 1.54) is 0 Å². The largest absolute Gasteiger partial charge is 0.484 e. The Morgan fingerprint density at radius 3 is 2.60 bits per heavy atom. The molecule has 2 aromatic carbocycles. The summed E-state index contributed by atoms with van der Waals surface area (Å²) in [5.74, 6) is 0.314. The summed E-state index contributed by atoms with van der Waals surface area (Å²) in [6, 6.07) is 16.7. The molecule has 3 rings (SSSR count). The molecular weight excluding hydrogens is 384 g/mol. The average molecular weight is 410 g/mol. The van der Waals surface area contributed by atoms with E-state index >= 15 is 0 Å². The summed E-state index contributed by atoms with van der Waals surface area (Å²) in [6.07, 6.45) is 0.796. The molecule has 0 aliphatic carbocycles. The van der Waals surface area contributed by atoms with Gasteiger partial charge < -0.3 is 19.4 Å². The van der Waals surface area contributed by atoms with Crippen LogP contribution in [0.1, 0.15) is 13.3 Å². The van der Waals surface area contributed by atoms with Gasteiger partial charge in [-0.05, 0) is 37.6 Å². The van der Waals surface area contributed by atoms with Gasteiger partial charge in [0, 0.05) is 19.8 Å². The van der Waals surface area contributed by atoms with Crippen LogP contribution in [0.3, 0.4) is 0 Å². The van der Waals surface area contributed by atoms with Gasteiger partial charge in [0.2, 0.25) is 11.9 Å². The fraction of sp³-hybridized carbons (Fsp3) is 0.318. The number of carbonyl (C=O) groups excluding carboxylic acids is 2. The molecule has 1 heterocycles. The van der Waals surface area contributed by atoms with Crippen molar-refractivity contribution in [1.29, 1.82) is 0 Å². The topological polar surface area (TPSA) is 94.5 Å². The van der Waals surface area contributed by atoms with Crippen LogP contribution < -0.4 is 15.4 Å². The lowest BCUT2D eigenvalue weighted by Crippen LogP contribution is -2.36. The third-order valence-corrected chi connectivity index (χ3v) is 4.34. The quantitative estimate of drug-likeness (QED) is 0.474. The van der Waals surface area contributed by atoms with Crippen molar-refractivity contribution < 1.29 is 19.1 Å². The SMILES string of the molecule is CCOCCCn1c(NC(=O)CNC(=O)COc2ccccc2)nc2ccccc21. The summed E-state index contributed by atoms with van der Waals surface area (Å²) in [7, 11) is 0. The second-order valence-corrected chi connectivity index (χ2v) is 6.55. The fourth-order valence-electron chi connectivity index (χ4n) is 2.93. The van der Waals surface area contributed by atoms with Gasteiger partial charge in [0.05, 0.1) is 17.6 Å². The van der Waals surface area contributed by atoms with Crippen molar-refractivity contribution in [2.24, 2.45) is 0 Å². The summed E-state index contributed by atoms with van der Waals surface area (Å²) >= 11 is 0. The first-order valence-corrected chi connectivity index (χ1v) is 9.94. The molecule has 1 aromatic heterocycles. The molecular formula is C22H26N4O4. The van der Waals surface area contributed by atoms with Crippen LogP contribution in [0.15, 0.2) is 54.6 Å². The highest BCUT2D eigenvalue weighted by Gasteiger charge is 2.14. The molecule has 2 amide bonds. The lowest BCUT2D eigenvalue weighted by molar-refractivity contribution is -0.125. The van der Waals surface area contributed by atoms with Crippen LogP contribution in [0.4, 0.5) is 5.95 Å². The van der Waals surface area contributed by atoms with E-state index in [4.69, 9.17) is 9.47 Å². The molecule has 0 saturated heterocycles. The van der Waals surface area contributed by atoms with Gasteiger partial charge in [-0.15, -0.1) is 0 Å². The molecule has 8 nitrogen and oxygen atoms in total. The minimum absolute atomic E-state index is 0.159. The molecule has 3 aromatic rings. The molecule has 0 fully saturated rings. The predicted molar refractivity (Wildman–Crippen MR) is 114 cm³/mol. The van der Waals surface area contributed by atoms with Crippen LogP contribution in [-0.2, 0) is 20.9 Å². The highest BCUT2D eigenvalue weighted by atomic mass is 16.5. The summed E-state index contributed by atoms with van der Waals surface area (Å²) in [4.78, 5) is 28.8. The van der Waals surface area contributed by atoms with E-state index in [1.807, 2.05) is 54.0 Å². The van der Waals surface area contributed by atoms with Crippen molar-refractivity contribution in [1.82, 2.24) is 14.9 Å². The maximum absolute atomic E-state index is 12.4. The standard InChI is InChI=1S/C22H26N4O4/c1-2-29-14-8-13-26-19-12-7-6-11-18(19)24-22(26)25-20(27)15-23-21(28)16-30-17-9-4-3-5-10-17/h3-7,9-12H,2,8,13-16H2,1H3,(H,23,28)(H,24,25,27). The summed E-state index contributed by atoms with van der Waals surface area (Å²) in [5, 5.41) is 5.34. The van der Waals surface area contributed by atoms with Crippen LogP contribution in [0.2, 0.25) is 0 Å². The fourth-order valence-corrected chi connectivity index (χ4v) is 2.93. The van der Waals surface area contributed by atoms with Gasteiger partial charge in [0.1, 0.15) is 5.75 Å². The van der Waals surface area contributed by atoms with E-state index in [0.29, 0.717) is 31.5 Å². The van der Waals surface area contributed by atoms with E-state index in [-0.39, 0.29) is 25.0 Å². The molecule has 30 heavy (non-hydrogen) atoms. The van der Waals surface area contributed by atoms with E-state index in [9.17, 15) is 9.59 Å². The van der Waals surface area contributed by atoms with E-state index in [0.717, 1.165) is 17.5 Å². The zero-order valence-corrected chi connectivity index (χ0v) is 17.0. The number of ether oxygens (including phenoxy) is 2. The van der Waals surface area contributed by atoms with Crippen molar-refractivity contribution in [3.8, 4) is 5.75 Å². The second-order valence-electron chi connectivity index (χ2n) is 6.55. The van der Waals surface area contributed by atoms with Crippen LogP contribution in [-0.4, -0.2) is 47.7 Å². The Labute approximate surface area is 175 Å². The first-order chi connectivity index (χ1) is 14.7. The molecule has 8 heteroatoms. The molecule has 0 saturated carbocycles. The maximum Gasteiger partial charge on any atom is 0.258 e. The summed E-state index contributed by atoms with van der Waals surface area (Å²) in [6.45, 7) is 3.59. The van der Waals surface area contributed by atoms with E-state index < -0.39 is 0 Å². The number of hydrogen-bond acceptors (Lipinski definition) is 5. The van der Waals surface area contributed by atoms with Crippen LogP contribution >= 0.6 is 0 Å². The number of nitrogens with one attached hydrogen (secondary N) is 2. The number of imidazole rings is 1. The Hall–Kier alpha value is -3.39. The Morgan fingerprint density at radius 1 is 1.03 bits per heavy atom. The molecule has 158 valence electrons. The smallest absolute Gasteiger partial charge is 0.258 e. The zero-order chi connectivity index (χ0) is 21.2. The van der Waals surface area contributed by atoms with Gasteiger partial charge in [0.25, 0.3) is 5.91 Å². The Balaban J connectivity index is 1.54. The lowest BCUT2D eigenvalue weighted by Gasteiger charge is -2.11. The number of rotatable bonds is 11. The number of nitrogens with zero attached hydrogens (tertiary/aromatic N) is 2. The predicted octanol–water partition coefficient (Wildman–Crippen LogP) is 2.60. The number of hydrogen-bond donors (Lipinski definition) is 2. The van der Waals surface area contributed by atoms with Gasteiger partial charge in [-0.25, -0.2) is 4.98 Å². The number of aromatic nitrogens is 2. The number of para-hydroxylation sites is 3. The van der Waals surface area contributed by atoms with Crippen molar-refractivity contribution in [3.05, 3.63) is 54.6 Å². The van der Waals surface area contributed by atoms with Crippen molar-refractivity contribution in [2.75, 3.05) is 31.7 Å². The number of carbonyl (C=O) groups is 2. The average Bonchev–Trinajstić information content (AvgIpc) is 3.11. The first kappa shape index (κ1) is 21.3. The van der Waals surface area contributed by atoms with E-state index in [1.54, 1.807) is 12.1 Å². The van der Waals surface area contributed by atoms with E-state index in [2.05, 4.69) is 15.6 Å². The zero-order valence-electron chi connectivity index (χ0n) is 17.0. The van der Waals surface area contributed by atoms with Crippen molar-refractivity contribution in [3.63, 3.8) is 0 Å². The Morgan fingerprint density at radius 2 is 1.80 bits per heavy atom. The van der Waals surface area contributed by atoms with Gasteiger partial charge in [0.15, 0.2) is 6.61 Å². The van der Waals surface area contributed by atoms with Gasteiger partial charge in [-0.3, -0.25) is 14.9 Å². The van der Waals surface area contributed by atoms with Gasteiger partial charge in [-0.2, -0.15) is 0 Å². The number of fused-ring (bicyclic) bond motifs is 1. The number of benzene rings is 2. The summed E-state index contributed by atoms with van der Waals surface area (Å²) < 4.78 is 12.7. The lowest BCUT2D eigenvalue weighted by atomic mass is 10.3. The number of amides is 2. The normalized spacial score (nSPS) is 10.7. The molecule has 0 aliphatic rings. The molecule has 0 spiro atoms. The minimum Gasteiger partial charge on any atom is -0.484 e. The summed E-state index contributed by atoms with van der Waals surface area (Å²) in [5.41, 5.74) is 1.73. The number of aryl methyl sites for hydroxylation is 1. The highest BCUT2D eigenvalue weighted by molar-refractivity contribution is 5.95. The Kier molecular flexibility index (Phi) is 7.79. The van der Waals surface area contributed by atoms with Crippen LogP contribution in [0, 0.1) is 0 Å². The molecule has 0 radical (unpaired) electrons. The van der Waals surface area contributed by atoms with Crippen molar-refractivity contribution in [2.45, 2.75) is 19.9 Å². The maximum atomic E-state index is 12.4. The van der Waals surface area contributed by atoms with Gasteiger partial charge in [-0.1, -0.05) is 30.3 Å². The van der Waals surface area contributed by atoms with Crippen LogP contribution in [0.25, 0.3) is 11.0 Å². The van der Waals surface area contributed by atoms with Crippen LogP contribution in [0.5, 0.6) is 5.75 Å². The molecule has 0 atom stereocenters.